The van der Waals surface area contributed by atoms with E-state index in [9.17, 15) is 4.79 Å². The highest BCUT2D eigenvalue weighted by Gasteiger charge is 2.28. The van der Waals surface area contributed by atoms with Gasteiger partial charge in [-0.25, -0.2) is 4.98 Å². The van der Waals surface area contributed by atoms with E-state index in [1.165, 1.54) is 0 Å². The smallest absolute Gasteiger partial charge is 0.225 e. The molecule has 1 fully saturated rings. The molecule has 0 bridgehead atoms. The molecule has 3 rings (SSSR count). The van der Waals surface area contributed by atoms with Gasteiger partial charge in [-0.15, -0.1) is 11.3 Å². The van der Waals surface area contributed by atoms with Gasteiger partial charge in [0, 0.05) is 6.04 Å². The molecule has 1 heterocycles. The number of carbonyl (C=O) groups is 1. The summed E-state index contributed by atoms with van der Waals surface area (Å²) in [6.07, 6.45) is 4.11. The number of para-hydroxylation sites is 1. The Morgan fingerprint density at radius 2 is 2.15 bits per heavy atom. The third kappa shape index (κ3) is 2.83. The van der Waals surface area contributed by atoms with E-state index in [1.807, 2.05) is 18.2 Å². The van der Waals surface area contributed by atoms with Gasteiger partial charge in [0.15, 0.2) is 0 Å². The van der Waals surface area contributed by atoms with E-state index in [4.69, 9.17) is 5.73 Å². The van der Waals surface area contributed by atoms with Crippen LogP contribution >= 0.6 is 11.3 Å². The third-order valence-electron chi connectivity index (χ3n) is 3.91. The van der Waals surface area contributed by atoms with Crippen molar-refractivity contribution < 1.29 is 4.79 Å². The molecule has 20 heavy (non-hydrogen) atoms. The van der Waals surface area contributed by atoms with E-state index >= 15 is 0 Å². The van der Waals surface area contributed by atoms with Crippen molar-refractivity contribution >= 4 is 27.5 Å². The monoisotopic (exact) mass is 289 g/mol. The van der Waals surface area contributed by atoms with Crippen LogP contribution < -0.4 is 11.1 Å². The number of nitrogens with two attached hydrogens (primary N) is 1. The third-order valence-corrected chi connectivity index (χ3v) is 4.94. The normalized spacial score (nSPS) is 22.9. The second-order valence-electron chi connectivity index (χ2n) is 5.35. The number of nitrogens with one attached hydrogen (secondary N) is 1. The van der Waals surface area contributed by atoms with E-state index in [0.29, 0.717) is 6.54 Å². The molecular weight excluding hydrogens is 270 g/mol. The molecule has 0 saturated heterocycles. The SMILES string of the molecule is NC1CCCCC1C(=O)NCc1nc2ccccc2s1. The van der Waals surface area contributed by atoms with Gasteiger partial charge in [0.2, 0.25) is 5.91 Å². The van der Waals surface area contributed by atoms with E-state index < -0.39 is 0 Å². The maximum Gasteiger partial charge on any atom is 0.225 e. The number of nitrogens with zero attached hydrogens (tertiary/aromatic N) is 1. The first kappa shape index (κ1) is 13.5. The molecule has 1 aliphatic rings. The summed E-state index contributed by atoms with van der Waals surface area (Å²) in [6.45, 7) is 0.501. The first-order chi connectivity index (χ1) is 9.74. The first-order valence-corrected chi connectivity index (χ1v) is 7.93. The van der Waals surface area contributed by atoms with Crippen LogP contribution in [0.4, 0.5) is 0 Å². The number of thiazole rings is 1. The Morgan fingerprint density at radius 1 is 1.35 bits per heavy atom. The number of carbonyl (C=O) groups excluding carboxylic acids is 1. The fraction of sp³-hybridized carbons (Fsp3) is 0.467. The molecule has 1 saturated carbocycles. The van der Waals surface area contributed by atoms with Crippen LogP contribution in [0.2, 0.25) is 0 Å². The highest BCUT2D eigenvalue weighted by atomic mass is 32.1. The molecule has 0 radical (unpaired) electrons. The predicted molar refractivity (Wildman–Crippen MR) is 81.4 cm³/mol. The Balaban J connectivity index is 1.62. The largest absolute Gasteiger partial charge is 0.349 e. The van der Waals surface area contributed by atoms with Gasteiger partial charge in [-0.3, -0.25) is 4.79 Å². The summed E-state index contributed by atoms with van der Waals surface area (Å²) < 4.78 is 1.16. The Kier molecular flexibility index (Phi) is 3.98. The molecule has 1 aromatic carbocycles. The van der Waals surface area contributed by atoms with Crippen molar-refractivity contribution in [2.75, 3.05) is 0 Å². The van der Waals surface area contributed by atoms with Crippen molar-refractivity contribution in [2.45, 2.75) is 38.3 Å². The van der Waals surface area contributed by atoms with Gasteiger partial charge in [0.05, 0.1) is 22.7 Å². The number of hydrogen-bond acceptors (Lipinski definition) is 4. The lowest BCUT2D eigenvalue weighted by Gasteiger charge is -2.27. The van der Waals surface area contributed by atoms with Crippen molar-refractivity contribution in [3.8, 4) is 0 Å². The number of fused-ring (bicyclic) bond motifs is 1. The molecule has 2 unspecified atom stereocenters. The van der Waals surface area contributed by atoms with Gasteiger partial charge >= 0.3 is 0 Å². The number of amides is 1. The molecule has 106 valence electrons. The molecule has 2 atom stereocenters. The average Bonchev–Trinajstić information content (AvgIpc) is 2.88. The summed E-state index contributed by atoms with van der Waals surface area (Å²) in [7, 11) is 0. The van der Waals surface area contributed by atoms with E-state index in [2.05, 4.69) is 16.4 Å². The Hall–Kier alpha value is -1.46. The molecule has 1 amide bonds. The zero-order valence-corrected chi connectivity index (χ0v) is 12.2. The maximum atomic E-state index is 12.2. The fourth-order valence-corrected chi connectivity index (χ4v) is 3.68. The maximum absolute atomic E-state index is 12.2. The minimum Gasteiger partial charge on any atom is -0.349 e. The molecular formula is C15H19N3OS. The Morgan fingerprint density at radius 3 is 2.95 bits per heavy atom. The summed E-state index contributed by atoms with van der Waals surface area (Å²) >= 11 is 1.63. The van der Waals surface area contributed by atoms with E-state index in [-0.39, 0.29) is 17.9 Å². The second kappa shape index (κ2) is 5.89. The van der Waals surface area contributed by atoms with Crippen LogP contribution in [-0.4, -0.2) is 16.9 Å². The lowest BCUT2D eigenvalue weighted by Crippen LogP contribution is -2.43. The molecule has 5 heteroatoms. The summed E-state index contributed by atoms with van der Waals surface area (Å²) in [5.74, 6) is 0.0505. The molecule has 0 spiro atoms. The van der Waals surface area contributed by atoms with Crippen LogP contribution in [0.5, 0.6) is 0 Å². The summed E-state index contributed by atoms with van der Waals surface area (Å²) in [5.41, 5.74) is 7.03. The van der Waals surface area contributed by atoms with Crippen molar-refractivity contribution in [1.29, 1.82) is 0 Å². The highest BCUT2D eigenvalue weighted by molar-refractivity contribution is 7.18. The van der Waals surface area contributed by atoms with Crippen molar-refractivity contribution in [3.63, 3.8) is 0 Å². The van der Waals surface area contributed by atoms with Gasteiger partial charge in [0.25, 0.3) is 0 Å². The van der Waals surface area contributed by atoms with Crippen LogP contribution in [0, 0.1) is 5.92 Å². The second-order valence-corrected chi connectivity index (χ2v) is 6.46. The highest BCUT2D eigenvalue weighted by Crippen LogP contribution is 2.24. The summed E-state index contributed by atoms with van der Waals surface area (Å²) in [4.78, 5) is 16.7. The van der Waals surface area contributed by atoms with Crippen LogP contribution in [-0.2, 0) is 11.3 Å². The van der Waals surface area contributed by atoms with Gasteiger partial charge < -0.3 is 11.1 Å². The zero-order valence-electron chi connectivity index (χ0n) is 11.3. The van der Waals surface area contributed by atoms with E-state index in [0.717, 1.165) is 40.9 Å². The average molecular weight is 289 g/mol. The Labute approximate surface area is 122 Å². The number of benzene rings is 1. The molecule has 1 aliphatic carbocycles. The van der Waals surface area contributed by atoms with Crippen molar-refractivity contribution in [3.05, 3.63) is 29.3 Å². The van der Waals surface area contributed by atoms with E-state index in [1.54, 1.807) is 11.3 Å². The first-order valence-electron chi connectivity index (χ1n) is 7.12. The van der Waals surface area contributed by atoms with Crippen molar-refractivity contribution in [1.82, 2.24) is 10.3 Å². The molecule has 3 N–H and O–H groups in total. The zero-order chi connectivity index (χ0) is 13.9. The minimum absolute atomic E-state index is 0.0131. The van der Waals surface area contributed by atoms with Crippen LogP contribution in [0.15, 0.2) is 24.3 Å². The molecule has 4 nitrogen and oxygen atoms in total. The standard InChI is InChI=1S/C15H19N3OS/c16-11-6-2-1-5-10(11)15(19)17-9-14-18-12-7-3-4-8-13(12)20-14/h3-4,7-8,10-11H,1-2,5-6,9,16H2,(H,17,19). The topological polar surface area (TPSA) is 68.0 Å². The fourth-order valence-electron chi connectivity index (χ4n) is 2.77. The van der Waals surface area contributed by atoms with Gasteiger partial charge in [0.1, 0.15) is 5.01 Å². The molecule has 0 aliphatic heterocycles. The van der Waals surface area contributed by atoms with Gasteiger partial charge in [-0.2, -0.15) is 0 Å². The van der Waals surface area contributed by atoms with Crippen molar-refractivity contribution in [2.24, 2.45) is 11.7 Å². The number of hydrogen-bond donors (Lipinski definition) is 2. The van der Waals surface area contributed by atoms with Gasteiger partial charge in [-0.05, 0) is 25.0 Å². The minimum atomic E-state index is -0.0295. The van der Waals surface area contributed by atoms with Crippen LogP contribution in [0.25, 0.3) is 10.2 Å². The van der Waals surface area contributed by atoms with Gasteiger partial charge in [-0.1, -0.05) is 25.0 Å². The lowest BCUT2D eigenvalue weighted by molar-refractivity contribution is -0.126. The molecule has 1 aromatic heterocycles. The predicted octanol–water partition coefficient (Wildman–Crippen LogP) is 2.43. The summed E-state index contributed by atoms with van der Waals surface area (Å²) in [5, 5.41) is 3.94. The lowest BCUT2D eigenvalue weighted by atomic mass is 9.84. The van der Waals surface area contributed by atoms with Crippen LogP contribution in [0.1, 0.15) is 30.7 Å². The molecule has 2 aromatic rings. The quantitative estimate of drug-likeness (QED) is 0.912. The Bertz CT molecular complexity index is 577. The number of rotatable bonds is 3. The van der Waals surface area contributed by atoms with Crippen LogP contribution in [0.3, 0.4) is 0 Å². The summed E-state index contributed by atoms with van der Waals surface area (Å²) in [6, 6.07) is 8.04. The number of aromatic nitrogens is 1.